The maximum atomic E-state index is 11.0. The molecule has 0 amide bonds. The highest BCUT2D eigenvalue weighted by molar-refractivity contribution is 5.97. The summed E-state index contributed by atoms with van der Waals surface area (Å²) in [6.07, 6.45) is 2.88. The Morgan fingerprint density at radius 2 is 1.85 bits per heavy atom. The van der Waals surface area contributed by atoms with E-state index in [9.17, 15) is 4.79 Å². The van der Waals surface area contributed by atoms with E-state index in [2.05, 4.69) is 4.57 Å². The second-order valence-corrected chi connectivity index (χ2v) is 4.88. The highest BCUT2D eigenvalue weighted by atomic mass is 16.1. The molecule has 20 heavy (non-hydrogen) atoms. The van der Waals surface area contributed by atoms with Crippen molar-refractivity contribution >= 4 is 17.2 Å². The summed E-state index contributed by atoms with van der Waals surface area (Å²) in [5.41, 5.74) is 9.13. The lowest BCUT2D eigenvalue weighted by Gasteiger charge is -2.14. The van der Waals surface area contributed by atoms with Crippen molar-refractivity contribution in [3.8, 4) is 0 Å². The summed E-state index contributed by atoms with van der Waals surface area (Å²) in [5, 5.41) is 0.975. The molecule has 1 atom stereocenters. The Morgan fingerprint density at radius 3 is 2.60 bits per heavy atom. The second kappa shape index (κ2) is 5.31. The lowest BCUT2D eigenvalue weighted by Crippen LogP contribution is -2.16. The Kier molecular flexibility index (Phi) is 3.35. The van der Waals surface area contributed by atoms with Crippen molar-refractivity contribution < 1.29 is 4.79 Å². The van der Waals surface area contributed by atoms with Crippen molar-refractivity contribution in [2.75, 3.05) is 0 Å². The van der Waals surface area contributed by atoms with Crippen LogP contribution in [0.4, 0.5) is 0 Å². The number of carbonyl (C=O) groups excluding carboxylic acids is 1. The fourth-order valence-electron chi connectivity index (χ4n) is 2.53. The monoisotopic (exact) mass is 264 g/mol. The molecule has 1 aromatic heterocycles. The average Bonchev–Trinajstić information content (AvgIpc) is 2.91. The van der Waals surface area contributed by atoms with E-state index < -0.39 is 0 Å². The van der Waals surface area contributed by atoms with Crippen LogP contribution in [0.5, 0.6) is 0 Å². The SMILES string of the molecule is NC(Cn1ccc2c(C=O)cccc21)c1ccccc1. The zero-order valence-corrected chi connectivity index (χ0v) is 11.1. The molecule has 0 aliphatic rings. The summed E-state index contributed by atoms with van der Waals surface area (Å²) in [6.45, 7) is 0.690. The Bertz CT molecular complexity index is 731. The molecule has 0 saturated heterocycles. The summed E-state index contributed by atoms with van der Waals surface area (Å²) in [5.74, 6) is 0. The fourth-order valence-corrected chi connectivity index (χ4v) is 2.53. The normalized spacial score (nSPS) is 12.4. The Hall–Kier alpha value is -2.39. The molecule has 0 aliphatic carbocycles. The molecule has 3 heteroatoms. The first kappa shape index (κ1) is 12.6. The molecule has 0 fully saturated rings. The molecule has 3 rings (SSSR count). The summed E-state index contributed by atoms with van der Waals surface area (Å²) >= 11 is 0. The van der Waals surface area contributed by atoms with Gasteiger partial charge in [-0.2, -0.15) is 0 Å². The molecule has 1 unspecified atom stereocenters. The minimum Gasteiger partial charge on any atom is -0.346 e. The first-order valence-electron chi connectivity index (χ1n) is 6.63. The van der Waals surface area contributed by atoms with E-state index in [4.69, 9.17) is 5.73 Å². The van der Waals surface area contributed by atoms with Crippen molar-refractivity contribution in [1.29, 1.82) is 0 Å². The number of benzene rings is 2. The average molecular weight is 264 g/mol. The lowest BCUT2D eigenvalue weighted by atomic mass is 10.1. The van der Waals surface area contributed by atoms with Gasteiger partial charge in [0.05, 0.1) is 0 Å². The van der Waals surface area contributed by atoms with Crippen molar-refractivity contribution in [2.24, 2.45) is 5.73 Å². The lowest BCUT2D eigenvalue weighted by molar-refractivity contribution is 0.112. The molecule has 0 saturated carbocycles. The van der Waals surface area contributed by atoms with E-state index in [0.717, 1.165) is 28.3 Å². The molecular formula is C17H16N2O. The molecule has 0 radical (unpaired) electrons. The van der Waals surface area contributed by atoms with Crippen LogP contribution in [0.1, 0.15) is 22.0 Å². The fraction of sp³-hybridized carbons (Fsp3) is 0.118. The van der Waals surface area contributed by atoms with E-state index in [1.54, 1.807) is 0 Å². The zero-order chi connectivity index (χ0) is 13.9. The second-order valence-electron chi connectivity index (χ2n) is 4.88. The van der Waals surface area contributed by atoms with Crippen molar-refractivity contribution in [3.05, 3.63) is 71.9 Å². The molecule has 0 spiro atoms. The van der Waals surface area contributed by atoms with Crippen LogP contribution in [0.15, 0.2) is 60.8 Å². The maximum Gasteiger partial charge on any atom is 0.150 e. The number of nitrogens with two attached hydrogens (primary N) is 1. The maximum absolute atomic E-state index is 11.0. The Morgan fingerprint density at radius 1 is 1.05 bits per heavy atom. The van der Waals surface area contributed by atoms with Crippen LogP contribution in [0.2, 0.25) is 0 Å². The van der Waals surface area contributed by atoms with Gasteiger partial charge in [0.15, 0.2) is 6.29 Å². The Balaban J connectivity index is 1.94. The summed E-state index contributed by atoms with van der Waals surface area (Å²) in [7, 11) is 0. The number of hydrogen-bond acceptors (Lipinski definition) is 2. The van der Waals surface area contributed by atoms with Gasteiger partial charge < -0.3 is 10.3 Å². The number of hydrogen-bond donors (Lipinski definition) is 1. The van der Waals surface area contributed by atoms with Crippen LogP contribution in [0, 0.1) is 0 Å². The van der Waals surface area contributed by atoms with Gasteiger partial charge in [0.2, 0.25) is 0 Å². The van der Waals surface area contributed by atoms with Gasteiger partial charge in [-0.1, -0.05) is 42.5 Å². The van der Waals surface area contributed by atoms with Crippen LogP contribution in [0.3, 0.4) is 0 Å². The van der Waals surface area contributed by atoms with E-state index >= 15 is 0 Å². The van der Waals surface area contributed by atoms with Gasteiger partial charge in [0.25, 0.3) is 0 Å². The minimum absolute atomic E-state index is 0.0633. The Labute approximate surface area is 117 Å². The van der Waals surface area contributed by atoms with Crippen LogP contribution >= 0.6 is 0 Å². The number of aldehydes is 1. The highest BCUT2D eigenvalue weighted by Gasteiger charge is 2.09. The van der Waals surface area contributed by atoms with Gasteiger partial charge >= 0.3 is 0 Å². The number of rotatable bonds is 4. The quantitative estimate of drug-likeness (QED) is 0.736. The third-order valence-corrected chi connectivity index (χ3v) is 3.60. The first-order chi connectivity index (χ1) is 9.79. The van der Waals surface area contributed by atoms with Gasteiger partial charge in [-0.25, -0.2) is 0 Å². The van der Waals surface area contributed by atoms with Gasteiger partial charge in [0.1, 0.15) is 0 Å². The van der Waals surface area contributed by atoms with Crippen LogP contribution in [-0.2, 0) is 6.54 Å². The van der Waals surface area contributed by atoms with Crippen LogP contribution < -0.4 is 5.73 Å². The van der Waals surface area contributed by atoms with E-state index in [-0.39, 0.29) is 6.04 Å². The smallest absolute Gasteiger partial charge is 0.150 e. The number of aromatic nitrogens is 1. The summed E-state index contributed by atoms with van der Waals surface area (Å²) < 4.78 is 2.10. The van der Waals surface area contributed by atoms with Crippen molar-refractivity contribution in [2.45, 2.75) is 12.6 Å². The standard InChI is InChI=1S/C17H16N2O/c18-16(13-5-2-1-3-6-13)11-19-10-9-15-14(12-20)7-4-8-17(15)19/h1-10,12,16H,11,18H2. The van der Waals surface area contributed by atoms with E-state index in [1.807, 2.05) is 60.8 Å². The summed E-state index contributed by atoms with van der Waals surface area (Å²) in [4.78, 5) is 11.0. The van der Waals surface area contributed by atoms with Gasteiger partial charge in [-0.05, 0) is 17.7 Å². The third kappa shape index (κ3) is 2.24. The molecule has 0 bridgehead atoms. The van der Waals surface area contributed by atoms with Gasteiger partial charge in [0, 0.05) is 35.2 Å². The van der Waals surface area contributed by atoms with Crippen LogP contribution in [-0.4, -0.2) is 10.9 Å². The van der Waals surface area contributed by atoms with Crippen LogP contribution in [0.25, 0.3) is 10.9 Å². The molecule has 2 N–H and O–H groups in total. The minimum atomic E-state index is -0.0633. The number of carbonyl (C=O) groups is 1. The molecule has 100 valence electrons. The topological polar surface area (TPSA) is 48.0 Å². The van der Waals surface area contributed by atoms with Gasteiger partial charge in [-0.15, -0.1) is 0 Å². The first-order valence-corrected chi connectivity index (χ1v) is 6.63. The third-order valence-electron chi connectivity index (χ3n) is 3.60. The molecule has 3 nitrogen and oxygen atoms in total. The van der Waals surface area contributed by atoms with Crippen molar-refractivity contribution in [3.63, 3.8) is 0 Å². The number of fused-ring (bicyclic) bond motifs is 1. The van der Waals surface area contributed by atoms with Crippen molar-refractivity contribution in [1.82, 2.24) is 4.57 Å². The number of nitrogens with zero attached hydrogens (tertiary/aromatic N) is 1. The molecule has 3 aromatic rings. The summed E-state index contributed by atoms with van der Waals surface area (Å²) in [6, 6.07) is 17.7. The molecule has 1 heterocycles. The predicted molar refractivity (Wildman–Crippen MR) is 80.7 cm³/mol. The van der Waals surface area contributed by atoms with E-state index in [0.29, 0.717) is 6.54 Å². The zero-order valence-electron chi connectivity index (χ0n) is 11.1. The van der Waals surface area contributed by atoms with E-state index in [1.165, 1.54) is 0 Å². The van der Waals surface area contributed by atoms with Gasteiger partial charge in [-0.3, -0.25) is 4.79 Å². The molecular weight excluding hydrogens is 248 g/mol. The molecule has 2 aromatic carbocycles. The molecule has 0 aliphatic heterocycles. The predicted octanol–water partition coefficient (Wildman–Crippen LogP) is 3.15. The highest BCUT2D eigenvalue weighted by Crippen LogP contribution is 2.21. The largest absolute Gasteiger partial charge is 0.346 e.